The summed E-state index contributed by atoms with van der Waals surface area (Å²) in [7, 11) is 0. The molecule has 0 fully saturated rings. The molecular formula is C23H27N5O2. The molecule has 0 bridgehead atoms. The van der Waals surface area contributed by atoms with Gasteiger partial charge in [0.15, 0.2) is 0 Å². The average Bonchev–Trinajstić information content (AvgIpc) is 2.71. The number of aromatic nitrogens is 3. The van der Waals surface area contributed by atoms with Crippen molar-refractivity contribution in [2.24, 2.45) is 5.73 Å². The van der Waals surface area contributed by atoms with E-state index in [-0.39, 0.29) is 17.9 Å². The van der Waals surface area contributed by atoms with E-state index in [0.717, 1.165) is 34.1 Å². The lowest BCUT2D eigenvalue weighted by atomic mass is 9.84. The summed E-state index contributed by atoms with van der Waals surface area (Å²) in [6.07, 6.45) is 4.48. The smallest absolute Gasteiger partial charge is 0.340 e. The van der Waals surface area contributed by atoms with Crippen LogP contribution in [0.5, 0.6) is 0 Å². The first kappa shape index (κ1) is 20.2. The minimum absolute atomic E-state index is 0.0283. The van der Waals surface area contributed by atoms with Gasteiger partial charge in [0, 0.05) is 35.4 Å². The summed E-state index contributed by atoms with van der Waals surface area (Å²) in [5, 5.41) is 5.29. The van der Waals surface area contributed by atoms with Crippen molar-refractivity contribution in [1.29, 1.82) is 0 Å². The van der Waals surface area contributed by atoms with Crippen LogP contribution in [0.3, 0.4) is 0 Å². The van der Waals surface area contributed by atoms with Gasteiger partial charge in [-0.1, -0.05) is 13.8 Å². The number of nitrogens with one attached hydrogen (secondary N) is 1. The van der Waals surface area contributed by atoms with Gasteiger partial charge in [-0.15, -0.1) is 0 Å². The average molecular weight is 406 g/mol. The van der Waals surface area contributed by atoms with Crippen LogP contribution in [-0.2, 0) is 4.74 Å². The maximum Gasteiger partial charge on any atom is 0.340 e. The lowest BCUT2D eigenvalue weighted by molar-refractivity contribution is -0.0189. The molecule has 3 aromatic rings. The normalized spacial score (nSPS) is 18.6. The molecule has 156 valence electrons. The third-order valence-corrected chi connectivity index (χ3v) is 6.05. The lowest BCUT2D eigenvalue weighted by Gasteiger charge is -2.36. The first-order valence-corrected chi connectivity index (χ1v) is 10.2. The highest BCUT2D eigenvalue weighted by atomic mass is 16.6. The molecule has 0 saturated carbocycles. The van der Waals surface area contributed by atoms with Crippen LogP contribution >= 0.6 is 0 Å². The quantitative estimate of drug-likeness (QED) is 0.614. The second-order valence-electron chi connectivity index (χ2n) is 8.40. The molecule has 3 N–H and O–H groups in total. The Morgan fingerprint density at radius 3 is 2.70 bits per heavy atom. The number of hydrogen-bond donors (Lipinski definition) is 2. The number of esters is 1. The minimum atomic E-state index is -0.605. The Bertz CT molecular complexity index is 1140. The zero-order valence-corrected chi connectivity index (χ0v) is 18.0. The number of carbonyl (C=O) groups is 1. The molecule has 0 amide bonds. The standard InChI is InChI=1S/C23H27N5O2/c1-6-18(24)17-11-25-13(3)16-10-26-20(9-15(16)17)27-19-8-7-14-21(28-19)12(2)23(4,5)30-22(14)29/h7-12,18H,6,24H2,1-5H3,(H,26,27,28)/t12-,18-/m1/s1. The maximum atomic E-state index is 12.3. The number of nitrogens with zero attached hydrogens (tertiary/aromatic N) is 3. The molecule has 7 heteroatoms. The Hall–Kier alpha value is -3.06. The Morgan fingerprint density at radius 1 is 1.20 bits per heavy atom. The van der Waals surface area contributed by atoms with Crippen molar-refractivity contribution < 1.29 is 9.53 Å². The van der Waals surface area contributed by atoms with Crippen molar-refractivity contribution >= 4 is 28.4 Å². The fourth-order valence-corrected chi connectivity index (χ4v) is 3.76. The fraction of sp³-hybridized carbons (Fsp3) is 0.391. The highest BCUT2D eigenvalue weighted by Crippen LogP contribution is 2.38. The van der Waals surface area contributed by atoms with E-state index in [9.17, 15) is 4.79 Å². The Labute approximate surface area is 176 Å². The van der Waals surface area contributed by atoms with E-state index in [0.29, 0.717) is 17.2 Å². The molecule has 4 heterocycles. The summed E-state index contributed by atoms with van der Waals surface area (Å²) in [4.78, 5) is 26.0. The summed E-state index contributed by atoms with van der Waals surface area (Å²) >= 11 is 0. The van der Waals surface area contributed by atoms with Gasteiger partial charge in [-0.2, -0.15) is 0 Å². The summed E-state index contributed by atoms with van der Waals surface area (Å²) in [5.74, 6) is 0.928. The van der Waals surface area contributed by atoms with E-state index in [1.807, 2.05) is 46.2 Å². The van der Waals surface area contributed by atoms with E-state index in [2.05, 4.69) is 22.2 Å². The zero-order chi connectivity index (χ0) is 21.6. The minimum Gasteiger partial charge on any atom is -0.455 e. The molecule has 0 unspecified atom stereocenters. The summed E-state index contributed by atoms with van der Waals surface area (Å²) < 4.78 is 5.55. The van der Waals surface area contributed by atoms with E-state index >= 15 is 0 Å². The van der Waals surface area contributed by atoms with Gasteiger partial charge in [0.2, 0.25) is 0 Å². The number of aryl methyl sites for hydroxylation is 1. The van der Waals surface area contributed by atoms with Crippen LogP contribution in [0.15, 0.2) is 30.6 Å². The largest absolute Gasteiger partial charge is 0.455 e. The van der Waals surface area contributed by atoms with Crippen LogP contribution in [0.2, 0.25) is 0 Å². The molecule has 0 aliphatic carbocycles. The molecule has 0 spiro atoms. The molecule has 0 saturated heterocycles. The highest BCUT2D eigenvalue weighted by molar-refractivity contribution is 5.93. The van der Waals surface area contributed by atoms with Crippen LogP contribution < -0.4 is 11.1 Å². The molecule has 1 aliphatic rings. The van der Waals surface area contributed by atoms with Crippen molar-refractivity contribution in [3.63, 3.8) is 0 Å². The van der Waals surface area contributed by atoms with Crippen LogP contribution in [0.1, 0.15) is 73.4 Å². The van der Waals surface area contributed by atoms with E-state index < -0.39 is 5.60 Å². The number of nitrogens with two attached hydrogens (primary N) is 1. The van der Waals surface area contributed by atoms with Gasteiger partial charge in [-0.25, -0.2) is 14.8 Å². The number of fused-ring (bicyclic) bond motifs is 2. The summed E-state index contributed by atoms with van der Waals surface area (Å²) in [6.45, 7) is 9.84. The van der Waals surface area contributed by atoms with Crippen LogP contribution in [0, 0.1) is 6.92 Å². The van der Waals surface area contributed by atoms with E-state index in [4.69, 9.17) is 15.5 Å². The predicted molar refractivity (Wildman–Crippen MR) is 117 cm³/mol. The molecular weight excluding hydrogens is 378 g/mol. The Balaban J connectivity index is 1.73. The Morgan fingerprint density at radius 2 is 1.97 bits per heavy atom. The van der Waals surface area contributed by atoms with Gasteiger partial charge in [-0.3, -0.25) is 4.98 Å². The van der Waals surface area contributed by atoms with Gasteiger partial charge in [0.25, 0.3) is 0 Å². The second kappa shape index (κ2) is 7.32. The fourth-order valence-electron chi connectivity index (χ4n) is 3.76. The van der Waals surface area contributed by atoms with Crippen LogP contribution in [-0.4, -0.2) is 26.5 Å². The number of cyclic esters (lactones) is 1. The molecule has 7 nitrogen and oxygen atoms in total. The van der Waals surface area contributed by atoms with Crippen molar-refractivity contribution in [2.75, 3.05) is 5.32 Å². The zero-order valence-electron chi connectivity index (χ0n) is 18.0. The monoisotopic (exact) mass is 405 g/mol. The van der Waals surface area contributed by atoms with Gasteiger partial charge in [0.05, 0.1) is 11.3 Å². The SMILES string of the molecule is CC[C@@H](N)c1cnc(C)c2cnc(Nc3ccc4c(n3)[C@@H](C)C(C)(C)OC4=O)cc12. The lowest BCUT2D eigenvalue weighted by Crippen LogP contribution is -2.39. The number of ether oxygens (including phenoxy) is 1. The Kier molecular flexibility index (Phi) is 4.94. The number of hydrogen-bond acceptors (Lipinski definition) is 7. The summed E-state index contributed by atoms with van der Waals surface area (Å²) in [5.41, 5.74) is 8.86. The third-order valence-electron chi connectivity index (χ3n) is 6.05. The van der Waals surface area contributed by atoms with Crippen molar-refractivity contribution in [3.05, 3.63) is 53.1 Å². The second-order valence-corrected chi connectivity index (χ2v) is 8.40. The van der Waals surface area contributed by atoms with Gasteiger partial charge in [-0.05, 0) is 56.3 Å². The first-order chi connectivity index (χ1) is 14.2. The summed E-state index contributed by atoms with van der Waals surface area (Å²) in [6, 6.07) is 5.42. The maximum absolute atomic E-state index is 12.3. The van der Waals surface area contributed by atoms with Crippen molar-refractivity contribution in [3.8, 4) is 0 Å². The topological polar surface area (TPSA) is 103 Å². The molecule has 1 aliphatic heterocycles. The number of pyridine rings is 3. The van der Waals surface area contributed by atoms with Gasteiger partial charge < -0.3 is 15.8 Å². The molecule has 0 radical (unpaired) electrons. The van der Waals surface area contributed by atoms with E-state index in [1.165, 1.54) is 0 Å². The third kappa shape index (κ3) is 3.39. The van der Waals surface area contributed by atoms with Gasteiger partial charge in [0.1, 0.15) is 17.2 Å². The highest BCUT2D eigenvalue weighted by Gasteiger charge is 2.40. The number of rotatable bonds is 4. The molecule has 30 heavy (non-hydrogen) atoms. The van der Waals surface area contributed by atoms with Crippen molar-refractivity contribution in [2.45, 2.75) is 58.6 Å². The van der Waals surface area contributed by atoms with Crippen LogP contribution in [0.4, 0.5) is 11.6 Å². The first-order valence-electron chi connectivity index (χ1n) is 10.2. The number of carbonyl (C=O) groups excluding carboxylic acids is 1. The van der Waals surface area contributed by atoms with Crippen LogP contribution in [0.25, 0.3) is 10.8 Å². The predicted octanol–water partition coefficient (Wildman–Crippen LogP) is 4.54. The molecule has 0 aromatic carbocycles. The molecule has 2 atom stereocenters. The molecule has 4 rings (SSSR count). The van der Waals surface area contributed by atoms with E-state index in [1.54, 1.807) is 12.1 Å². The number of anilines is 2. The molecule has 3 aromatic heterocycles. The van der Waals surface area contributed by atoms with Crippen molar-refractivity contribution in [1.82, 2.24) is 15.0 Å². The van der Waals surface area contributed by atoms with Gasteiger partial charge >= 0.3 is 5.97 Å².